The number of carbonyl (C=O) groups is 2. The van der Waals surface area contributed by atoms with Crippen molar-refractivity contribution in [2.45, 2.75) is 40.5 Å². The molecule has 4 rings (SSSR count). The van der Waals surface area contributed by atoms with Crippen LogP contribution in [-0.4, -0.2) is 39.5 Å². The highest BCUT2D eigenvalue weighted by Crippen LogP contribution is 2.45. The summed E-state index contributed by atoms with van der Waals surface area (Å²) in [5, 5.41) is 14.7. The van der Waals surface area contributed by atoms with Crippen molar-refractivity contribution in [2.24, 2.45) is 0 Å². The molecular formula is C25H25ClN4O6S. The van der Waals surface area contributed by atoms with Gasteiger partial charge in [0, 0.05) is 34.1 Å². The second-order valence-electron chi connectivity index (χ2n) is 8.34. The van der Waals surface area contributed by atoms with Crippen LogP contribution >= 0.6 is 22.9 Å². The Morgan fingerprint density at radius 1 is 1.14 bits per heavy atom. The largest absolute Gasteiger partial charge is 0.463 e. The molecule has 0 amide bonds. The predicted molar refractivity (Wildman–Crippen MR) is 139 cm³/mol. The first-order chi connectivity index (χ1) is 17.6. The molecule has 12 heteroatoms. The van der Waals surface area contributed by atoms with E-state index in [1.54, 1.807) is 33.8 Å². The lowest BCUT2D eigenvalue weighted by Crippen LogP contribution is -2.33. The Bertz CT molecular complexity index is 1460. The summed E-state index contributed by atoms with van der Waals surface area (Å²) < 4.78 is 12.6. The number of ether oxygens (including phenoxy) is 2. The molecule has 0 unspecified atom stereocenters. The number of carbonyl (C=O) groups excluding carboxylic acids is 2. The number of imidazole rings is 1. The molecule has 0 saturated heterocycles. The number of aryl methyl sites for hydroxylation is 1. The summed E-state index contributed by atoms with van der Waals surface area (Å²) in [6.07, 6.45) is 1.86. The third-order valence-electron chi connectivity index (χ3n) is 5.92. The molecule has 0 bridgehead atoms. The highest BCUT2D eigenvalue weighted by atomic mass is 35.5. The second kappa shape index (κ2) is 10.3. The van der Waals surface area contributed by atoms with E-state index in [4.69, 9.17) is 26.1 Å². The number of nitrogens with zero attached hydrogens (tertiary/aromatic N) is 3. The van der Waals surface area contributed by atoms with E-state index in [0.29, 0.717) is 33.3 Å². The maximum Gasteiger partial charge on any atom is 0.336 e. The first kappa shape index (κ1) is 26.4. The normalized spacial score (nSPS) is 14.2. The first-order valence-electron chi connectivity index (χ1n) is 11.5. The number of halogens is 1. The van der Waals surface area contributed by atoms with E-state index in [0.717, 1.165) is 4.88 Å². The van der Waals surface area contributed by atoms with Crippen molar-refractivity contribution in [1.29, 1.82) is 0 Å². The van der Waals surface area contributed by atoms with E-state index < -0.39 is 22.8 Å². The van der Waals surface area contributed by atoms with Crippen LogP contribution in [0.4, 0.5) is 5.69 Å². The quantitative estimate of drug-likeness (QED) is 0.241. The maximum atomic E-state index is 13.3. The van der Waals surface area contributed by atoms with Crippen LogP contribution in [0, 0.1) is 17.0 Å². The van der Waals surface area contributed by atoms with Gasteiger partial charge in [0.15, 0.2) is 4.96 Å². The summed E-state index contributed by atoms with van der Waals surface area (Å²) in [6, 6.07) is 4.40. The lowest BCUT2D eigenvalue weighted by Gasteiger charge is -2.30. The molecule has 2 aromatic heterocycles. The highest BCUT2D eigenvalue weighted by molar-refractivity contribution is 7.17. The summed E-state index contributed by atoms with van der Waals surface area (Å²) in [4.78, 5) is 44.0. The molecule has 0 spiro atoms. The Morgan fingerprint density at radius 3 is 2.27 bits per heavy atom. The van der Waals surface area contributed by atoms with E-state index >= 15 is 0 Å². The molecule has 37 heavy (non-hydrogen) atoms. The smallest absolute Gasteiger partial charge is 0.336 e. The fraction of sp³-hybridized carbons (Fsp3) is 0.320. The van der Waals surface area contributed by atoms with Gasteiger partial charge in [-0.1, -0.05) is 17.7 Å². The lowest BCUT2D eigenvalue weighted by atomic mass is 9.81. The zero-order chi connectivity index (χ0) is 27.0. The van der Waals surface area contributed by atoms with Gasteiger partial charge in [0.1, 0.15) is 5.02 Å². The van der Waals surface area contributed by atoms with Crippen LogP contribution in [0.15, 0.2) is 46.9 Å². The molecule has 0 aliphatic carbocycles. The maximum absolute atomic E-state index is 13.3. The number of nitro groups is 1. The standard InChI is InChI=1S/C25H25ClN4O6S/c1-6-35-23(31)18-13(4)27-14(5)19(24(32)36-7-2)20(18)22-21(28-25-29(22)11-12(3)37-25)15-8-9-16(26)17(10-15)30(33)34/h8-11,20,27H,6-7H2,1-5H3. The second-order valence-corrected chi connectivity index (χ2v) is 9.96. The fourth-order valence-electron chi connectivity index (χ4n) is 4.49. The van der Waals surface area contributed by atoms with Gasteiger partial charge in [-0.25, -0.2) is 14.6 Å². The number of hydrogen-bond acceptors (Lipinski definition) is 9. The van der Waals surface area contributed by atoms with Gasteiger partial charge in [-0.05, 0) is 40.7 Å². The number of dihydropyridines is 1. The van der Waals surface area contributed by atoms with Crippen molar-refractivity contribution in [3.8, 4) is 11.3 Å². The molecule has 3 aromatic rings. The number of esters is 2. The molecule has 194 valence electrons. The van der Waals surface area contributed by atoms with E-state index in [1.165, 1.54) is 23.5 Å². The number of nitro benzene ring substituents is 1. The number of aromatic nitrogens is 2. The van der Waals surface area contributed by atoms with Crippen molar-refractivity contribution >= 4 is 45.5 Å². The van der Waals surface area contributed by atoms with Gasteiger partial charge in [0.05, 0.1) is 46.6 Å². The van der Waals surface area contributed by atoms with Crippen LogP contribution in [0.2, 0.25) is 5.02 Å². The monoisotopic (exact) mass is 544 g/mol. The highest BCUT2D eigenvalue weighted by Gasteiger charge is 2.41. The van der Waals surface area contributed by atoms with E-state index in [-0.39, 0.29) is 35.1 Å². The van der Waals surface area contributed by atoms with Crippen LogP contribution in [0.25, 0.3) is 16.2 Å². The molecule has 0 atom stereocenters. The van der Waals surface area contributed by atoms with Crippen molar-refractivity contribution in [1.82, 2.24) is 14.7 Å². The average molecular weight is 545 g/mol. The molecule has 0 fully saturated rings. The molecule has 3 heterocycles. The molecule has 1 N–H and O–H groups in total. The van der Waals surface area contributed by atoms with Crippen LogP contribution < -0.4 is 5.32 Å². The molecule has 10 nitrogen and oxygen atoms in total. The van der Waals surface area contributed by atoms with Crippen LogP contribution in [0.1, 0.15) is 44.2 Å². The SMILES string of the molecule is CCOC(=O)C1=C(C)NC(C)=C(C(=O)OCC)C1c1c(-c2ccc(Cl)c([N+](=O)[O-])c2)nc2sc(C)cn12. The number of allylic oxidation sites excluding steroid dienone is 2. The summed E-state index contributed by atoms with van der Waals surface area (Å²) >= 11 is 7.48. The number of fused-ring (bicyclic) bond motifs is 1. The van der Waals surface area contributed by atoms with Crippen LogP contribution in [0.3, 0.4) is 0 Å². The third kappa shape index (κ3) is 4.72. The summed E-state index contributed by atoms with van der Waals surface area (Å²) in [7, 11) is 0. The van der Waals surface area contributed by atoms with Crippen LogP contribution in [-0.2, 0) is 19.1 Å². The number of thiazole rings is 1. The van der Waals surface area contributed by atoms with Crippen LogP contribution in [0.5, 0.6) is 0 Å². The zero-order valence-electron chi connectivity index (χ0n) is 20.9. The van der Waals surface area contributed by atoms with Gasteiger partial charge in [0.25, 0.3) is 5.69 Å². The van der Waals surface area contributed by atoms with Crippen molar-refractivity contribution < 1.29 is 24.0 Å². The summed E-state index contributed by atoms with van der Waals surface area (Å²) in [5.74, 6) is -2.11. The minimum Gasteiger partial charge on any atom is -0.463 e. The number of hydrogen-bond donors (Lipinski definition) is 1. The van der Waals surface area contributed by atoms with Gasteiger partial charge in [-0.15, -0.1) is 11.3 Å². The molecule has 0 radical (unpaired) electrons. The number of nitrogens with one attached hydrogen (secondary N) is 1. The first-order valence-corrected chi connectivity index (χ1v) is 12.7. The van der Waals surface area contributed by atoms with E-state index in [1.807, 2.05) is 17.5 Å². The molecule has 0 saturated carbocycles. The third-order valence-corrected chi connectivity index (χ3v) is 7.14. The number of rotatable bonds is 7. The Labute approximate surface area is 221 Å². The molecule has 1 aliphatic rings. The van der Waals surface area contributed by atoms with Gasteiger partial charge >= 0.3 is 11.9 Å². The summed E-state index contributed by atoms with van der Waals surface area (Å²) in [6.45, 7) is 9.04. The topological polar surface area (TPSA) is 125 Å². The summed E-state index contributed by atoms with van der Waals surface area (Å²) in [5.41, 5.74) is 2.49. The Kier molecular flexibility index (Phi) is 7.37. The van der Waals surface area contributed by atoms with E-state index in [9.17, 15) is 19.7 Å². The molecule has 1 aromatic carbocycles. The minimum absolute atomic E-state index is 0.0139. The predicted octanol–water partition coefficient (Wildman–Crippen LogP) is 5.29. The minimum atomic E-state index is -0.923. The Hall–Kier alpha value is -3.70. The lowest BCUT2D eigenvalue weighted by molar-refractivity contribution is -0.384. The molecule has 1 aliphatic heterocycles. The zero-order valence-corrected chi connectivity index (χ0v) is 22.5. The van der Waals surface area contributed by atoms with Gasteiger partial charge in [-0.2, -0.15) is 0 Å². The fourth-order valence-corrected chi connectivity index (χ4v) is 5.51. The van der Waals surface area contributed by atoms with Crippen molar-refractivity contribution in [2.75, 3.05) is 13.2 Å². The van der Waals surface area contributed by atoms with Crippen molar-refractivity contribution in [3.63, 3.8) is 0 Å². The van der Waals surface area contributed by atoms with Gasteiger partial charge in [-0.3, -0.25) is 14.5 Å². The number of benzene rings is 1. The van der Waals surface area contributed by atoms with Crippen molar-refractivity contribution in [3.05, 3.63) is 72.6 Å². The van der Waals surface area contributed by atoms with E-state index in [2.05, 4.69) is 5.32 Å². The Balaban J connectivity index is 2.08. The Morgan fingerprint density at radius 2 is 1.73 bits per heavy atom. The van der Waals surface area contributed by atoms with Gasteiger partial charge in [0.2, 0.25) is 0 Å². The van der Waals surface area contributed by atoms with Gasteiger partial charge < -0.3 is 14.8 Å². The molecular weight excluding hydrogens is 520 g/mol. The average Bonchev–Trinajstić information content (AvgIpc) is 3.34.